The summed E-state index contributed by atoms with van der Waals surface area (Å²) in [5.41, 5.74) is 0.857. The van der Waals surface area contributed by atoms with Gasteiger partial charge in [-0.05, 0) is 39.2 Å². The van der Waals surface area contributed by atoms with E-state index in [2.05, 4.69) is 24.3 Å². The lowest BCUT2D eigenvalue weighted by atomic mass is 9.91. The maximum absolute atomic E-state index is 9.65. The summed E-state index contributed by atoms with van der Waals surface area (Å²) in [5, 5.41) is 18.1. The topological polar surface area (TPSA) is 50.1 Å². The second-order valence-corrected chi connectivity index (χ2v) is 5.53. The first kappa shape index (κ1) is 16.5. The molecule has 1 heterocycles. The molecule has 0 spiro atoms. The normalized spacial score (nSPS) is 14.6. The summed E-state index contributed by atoms with van der Waals surface area (Å²) in [6.45, 7) is 8.20. The van der Waals surface area contributed by atoms with Crippen molar-refractivity contribution in [1.29, 1.82) is 0 Å². The zero-order valence-electron chi connectivity index (χ0n) is 12.2. The standard InChI is InChI=1S/C14H26ClN3O/c1-4-8-16-14(5-2,11-19)7-6-9-18-12(3)13(15)10-17-18/h10,16,19H,4-9,11H2,1-3H3. The Morgan fingerprint density at radius 3 is 2.68 bits per heavy atom. The first-order chi connectivity index (χ1) is 9.08. The third-order valence-corrected chi connectivity index (χ3v) is 4.17. The van der Waals surface area contributed by atoms with Crippen LogP contribution in [-0.2, 0) is 6.54 Å². The molecule has 5 heteroatoms. The molecule has 0 aromatic carbocycles. The van der Waals surface area contributed by atoms with Crippen LogP contribution in [0.2, 0.25) is 5.02 Å². The highest BCUT2D eigenvalue weighted by atomic mass is 35.5. The number of aliphatic hydroxyl groups is 1. The van der Waals surface area contributed by atoms with Crippen molar-refractivity contribution in [1.82, 2.24) is 15.1 Å². The quantitative estimate of drug-likeness (QED) is 0.734. The van der Waals surface area contributed by atoms with Crippen molar-refractivity contribution in [3.8, 4) is 0 Å². The Kier molecular flexibility index (Phi) is 6.83. The van der Waals surface area contributed by atoms with Crippen molar-refractivity contribution in [3.63, 3.8) is 0 Å². The van der Waals surface area contributed by atoms with E-state index in [0.29, 0.717) is 5.02 Å². The molecule has 2 N–H and O–H groups in total. The first-order valence-electron chi connectivity index (χ1n) is 7.12. The molecule has 0 bridgehead atoms. The van der Waals surface area contributed by atoms with Gasteiger partial charge in [0.15, 0.2) is 0 Å². The van der Waals surface area contributed by atoms with Gasteiger partial charge in [-0.2, -0.15) is 5.10 Å². The number of hydrogen-bond donors (Lipinski definition) is 2. The fourth-order valence-electron chi connectivity index (χ4n) is 2.24. The third kappa shape index (κ3) is 4.48. The van der Waals surface area contributed by atoms with Crippen LogP contribution in [0.1, 0.15) is 45.2 Å². The maximum atomic E-state index is 9.65. The molecule has 0 aliphatic heterocycles. The summed E-state index contributed by atoms with van der Waals surface area (Å²) >= 11 is 5.99. The molecule has 0 saturated heterocycles. The molecule has 1 atom stereocenters. The molecule has 0 amide bonds. The summed E-state index contributed by atoms with van der Waals surface area (Å²) in [7, 11) is 0. The number of rotatable bonds is 9. The molecule has 1 unspecified atom stereocenters. The summed E-state index contributed by atoms with van der Waals surface area (Å²) in [6, 6.07) is 0. The van der Waals surface area contributed by atoms with Crippen molar-refractivity contribution in [2.24, 2.45) is 0 Å². The molecule has 0 fully saturated rings. The Hall–Kier alpha value is -0.580. The molecule has 19 heavy (non-hydrogen) atoms. The van der Waals surface area contributed by atoms with Crippen LogP contribution in [0.15, 0.2) is 6.20 Å². The van der Waals surface area contributed by atoms with E-state index in [1.807, 2.05) is 11.6 Å². The van der Waals surface area contributed by atoms with Gasteiger partial charge in [-0.3, -0.25) is 4.68 Å². The number of aryl methyl sites for hydroxylation is 1. The molecular formula is C14H26ClN3O. The maximum Gasteiger partial charge on any atom is 0.0814 e. The number of aliphatic hydroxyl groups excluding tert-OH is 1. The fraction of sp³-hybridized carbons (Fsp3) is 0.786. The van der Waals surface area contributed by atoms with Gasteiger partial charge in [-0.25, -0.2) is 0 Å². The van der Waals surface area contributed by atoms with Crippen molar-refractivity contribution in [3.05, 3.63) is 16.9 Å². The summed E-state index contributed by atoms with van der Waals surface area (Å²) in [5.74, 6) is 0. The van der Waals surface area contributed by atoms with Gasteiger partial charge in [0.25, 0.3) is 0 Å². The largest absolute Gasteiger partial charge is 0.394 e. The van der Waals surface area contributed by atoms with Gasteiger partial charge in [0, 0.05) is 12.1 Å². The highest BCUT2D eigenvalue weighted by Gasteiger charge is 2.25. The minimum Gasteiger partial charge on any atom is -0.394 e. The highest BCUT2D eigenvalue weighted by Crippen LogP contribution is 2.19. The van der Waals surface area contributed by atoms with Gasteiger partial charge < -0.3 is 10.4 Å². The molecule has 1 aromatic rings. The highest BCUT2D eigenvalue weighted by molar-refractivity contribution is 6.31. The Labute approximate surface area is 121 Å². The van der Waals surface area contributed by atoms with Crippen LogP contribution in [0.3, 0.4) is 0 Å². The third-order valence-electron chi connectivity index (χ3n) is 3.80. The van der Waals surface area contributed by atoms with Crippen LogP contribution in [0.4, 0.5) is 0 Å². The van der Waals surface area contributed by atoms with Crippen LogP contribution >= 0.6 is 11.6 Å². The van der Waals surface area contributed by atoms with Crippen LogP contribution in [0, 0.1) is 6.92 Å². The fourth-order valence-corrected chi connectivity index (χ4v) is 2.38. The lowest BCUT2D eigenvalue weighted by Crippen LogP contribution is -2.48. The molecule has 0 radical (unpaired) electrons. The van der Waals surface area contributed by atoms with Gasteiger partial charge in [0.1, 0.15) is 0 Å². The average Bonchev–Trinajstić information content (AvgIpc) is 2.75. The van der Waals surface area contributed by atoms with E-state index in [9.17, 15) is 5.11 Å². The van der Waals surface area contributed by atoms with E-state index in [1.165, 1.54) is 0 Å². The smallest absolute Gasteiger partial charge is 0.0814 e. The van der Waals surface area contributed by atoms with Crippen molar-refractivity contribution in [2.45, 2.75) is 58.5 Å². The molecule has 0 aliphatic rings. The Morgan fingerprint density at radius 1 is 1.47 bits per heavy atom. The molecule has 1 aromatic heterocycles. The van der Waals surface area contributed by atoms with Crippen LogP contribution in [0.25, 0.3) is 0 Å². The number of nitrogens with zero attached hydrogens (tertiary/aromatic N) is 2. The number of nitrogens with one attached hydrogen (secondary N) is 1. The van der Waals surface area contributed by atoms with Gasteiger partial charge >= 0.3 is 0 Å². The van der Waals surface area contributed by atoms with Crippen LogP contribution in [-0.4, -0.2) is 33.6 Å². The molecular weight excluding hydrogens is 262 g/mol. The minimum atomic E-state index is -0.152. The minimum absolute atomic E-state index is 0.152. The Balaban J connectivity index is 2.50. The van der Waals surface area contributed by atoms with Crippen molar-refractivity contribution in [2.75, 3.05) is 13.2 Å². The zero-order chi connectivity index (χ0) is 14.3. The van der Waals surface area contributed by atoms with E-state index in [1.54, 1.807) is 6.20 Å². The lowest BCUT2D eigenvalue weighted by Gasteiger charge is -2.32. The summed E-state index contributed by atoms with van der Waals surface area (Å²) in [4.78, 5) is 0. The number of hydrogen-bond acceptors (Lipinski definition) is 3. The van der Waals surface area contributed by atoms with E-state index in [0.717, 1.165) is 44.5 Å². The van der Waals surface area contributed by atoms with Crippen molar-refractivity contribution >= 4 is 11.6 Å². The molecule has 1 rings (SSSR count). The number of halogens is 1. The van der Waals surface area contributed by atoms with Gasteiger partial charge in [0.05, 0.1) is 23.5 Å². The number of aromatic nitrogens is 2. The molecule has 110 valence electrons. The van der Waals surface area contributed by atoms with Crippen LogP contribution in [0.5, 0.6) is 0 Å². The monoisotopic (exact) mass is 287 g/mol. The van der Waals surface area contributed by atoms with Gasteiger partial charge in [0.2, 0.25) is 0 Å². The second-order valence-electron chi connectivity index (χ2n) is 5.12. The average molecular weight is 288 g/mol. The molecule has 0 aliphatic carbocycles. The second kappa shape index (κ2) is 7.88. The van der Waals surface area contributed by atoms with E-state index >= 15 is 0 Å². The van der Waals surface area contributed by atoms with Gasteiger partial charge in [-0.15, -0.1) is 0 Å². The zero-order valence-corrected chi connectivity index (χ0v) is 13.0. The molecule has 4 nitrogen and oxygen atoms in total. The first-order valence-corrected chi connectivity index (χ1v) is 7.50. The Bertz CT molecular complexity index is 375. The summed E-state index contributed by atoms with van der Waals surface area (Å²) in [6.07, 6.45) is 5.62. The summed E-state index contributed by atoms with van der Waals surface area (Å²) < 4.78 is 1.93. The van der Waals surface area contributed by atoms with Crippen molar-refractivity contribution < 1.29 is 5.11 Å². The van der Waals surface area contributed by atoms with Gasteiger partial charge in [-0.1, -0.05) is 25.4 Å². The predicted octanol–water partition coefficient (Wildman–Crippen LogP) is 2.77. The van der Waals surface area contributed by atoms with E-state index in [4.69, 9.17) is 11.6 Å². The predicted molar refractivity (Wildman–Crippen MR) is 79.6 cm³/mol. The Morgan fingerprint density at radius 2 is 2.21 bits per heavy atom. The van der Waals surface area contributed by atoms with E-state index in [-0.39, 0.29) is 12.1 Å². The van der Waals surface area contributed by atoms with E-state index < -0.39 is 0 Å². The lowest BCUT2D eigenvalue weighted by molar-refractivity contribution is 0.142. The molecule has 0 saturated carbocycles. The van der Waals surface area contributed by atoms with Crippen LogP contribution < -0.4 is 5.32 Å². The SMILES string of the molecule is CCCNC(CC)(CO)CCCn1ncc(Cl)c1C.